The van der Waals surface area contributed by atoms with E-state index in [9.17, 15) is 0 Å². The summed E-state index contributed by atoms with van der Waals surface area (Å²) in [6.45, 7) is 14.0. The average molecular weight is 1320 g/mol. The fourth-order valence-corrected chi connectivity index (χ4v) is 18.1. The smallest absolute Gasteiger partial charge is 0.0462 e. The van der Waals surface area contributed by atoms with E-state index in [2.05, 4.69) is 283 Å². The lowest BCUT2D eigenvalue weighted by atomic mass is 9.70. The summed E-state index contributed by atoms with van der Waals surface area (Å²) in [5.74, 6) is 0. The van der Waals surface area contributed by atoms with Crippen molar-refractivity contribution in [3.63, 3.8) is 0 Å². The highest BCUT2D eigenvalue weighted by atomic mass is 15.1. The molecule has 0 fully saturated rings. The molecule has 518 valence electrons. The van der Waals surface area contributed by atoms with E-state index in [1.54, 1.807) is 33.4 Å². The van der Waals surface area contributed by atoms with Gasteiger partial charge in [-0.2, -0.15) is 0 Å². The van der Waals surface area contributed by atoms with Gasteiger partial charge >= 0.3 is 0 Å². The van der Waals surface area contributed by atoms with Gasteiger partial charge < -0.3 is 4.90 Å². The van der Waals surface area contributed by atoms with Crippen molar-refractivity contribution in [1.29, 1.82) is 0 Å². The van der Waals surface area contributed by atoms with Crippen LogP contribution in [0.5, 0.6) is 0 Å². The minimum absolute atomic E-state index is 0.0684. The van der Waals surface area contributed by atoms with Crippen LogP contribution in [0.15, 0.2) is 200 Å². The molecule has 9 aromatic rings. The van der Waals surface area contributed by atoms with Crippen molar-refractivity contribution < 1.29 is 0 Å². The maximum Gasteiger partial charge on any atom is 0.0462 e. The summed E-state index contributed by atoms with van der Waals surface area (Å²) < 4.78 is 0. The van der Waals surface area contributed by atoms with Gasteiger partial charge in [0.05, 0.1) is 0 Å². The first-order valence-corrected chi connectivity index (χ1v) is 40.2. The van der Waals surface area contributed by atoms with Crippen molar-refractivity contribution in [3.05, 3.63) is 267 Å². The van der Waals surface area contributed by atoms with Gasteiger partial charge in [-0.05, 0) is 175 Å². The molecule has 9 aromatic carbocycles. The first-order valence-electron chi connectivity index (χ1n) is 40.2. The van der Waals surface area contributed by atoms with Crippen molar-refractivity contribution in [2.75, 3.05) is 4.90 Å². The number of rotatable bonds is 39. The Morgan fingerprint density at radius 1 is 0.210 bits per heavy atom. The predicted octanol–water partition coefficient (Wildman–Crippen LogP) is 30.3. The molecule has 0 saturated heterocycles. The molecule has 0 atom stereocenters. The summed E-state index contributed by atoms with van der Waals surface area (Å²) in [6.07, 6.45) is 52.3. The highest BCUT2D eigenvalue weighted by Crippen LogP contribution is 2.58. The van der Waals surface area contributed by atoms with Gasteiger partial charge in [-0.3, -0.25) is 0 Å². The second kappa shape index (κ2) is 35.1. The molecule has 0 heterocycles. The number of unbranched alkanes of at least 4 members (excludes halogenated alkanes) is 18. The normalized spacial score (nSPS) is 14.2. The van der Waals surface area contributed by atoms with Crippen molar-refractivity contribution >= 4 is 53.5 Å². The Bertz CT molecular complexity index is 3700. The average Bonchev–Trinajstić information content (AvgIpc) is 1.59. The van der Waals surface area contributed by atoms with E-state index in [1.807, 2.05) is 0 Å². The number of hydrogen-bond acceptors (Lipinski definition) is 1. The van der Waals surface area contributed by atoms with Crippen LogP contribution in [0, 0.1) is 0 Å². The Hall–Kier alpha value is -8.00. The Morgan fingerprint density at radius 2 is 0.420 bits per heavy atom. The second-order valence-electron chi connectivity index (χ2n) is 30.3. The highest BCUT2D eigenvalue weighted by Gasteiger charge is 2.45. The van der Waals surface area contributed by atoms with Gasteiger partial charge in [0.1, 0.15) is 0 Å². The lowest BCUT2D eigenvalue weighted by Gasteiger charge is -2.33. The van der Waals surface area contributed by atoms with Crippen LogP contribution < -0.4 is 4.90 Å². The third-order valence-corrected chi connectivity index (χ3v) is 23.5. The monoisotopic (exact) mass is 1320 g/mol. The molecule has 1 heteroatoms. The highest BCUT2D eigenvalue weighted by molar-refractivity contribution is 5.87. The van der Waals surface area contributed by atoms with Crippen LogP contribution in [0.4, 0.5) is 17.1 Å². The van der Waals surface area contributed by atoms with E-state index in [1.165, 1.54) is 259 Å². The SMILES string of the molecule is CCCCCCC1(CCCCCC)c2ccccc2-c2ccc(/C=C/c3ccc(N(c4ccc(/C=C/c5ccc6c(c5)C(CCCCCC)(CCCCCC)c5ccccc5-6)cc4)c4ccc(/C=C/c5ccc6c(c5)C(CCCCCC)(CCCCCC)c5ccccc5-6)cc4)cc3)cc21. The maximum absolute atomic E-state index is 2.56. The topological polar surface area (TPSA) is 3.24 Å². The zero-order valence-electron chi connectivity index (χ0n) is 62.2. The Labute approximate surface area is 605 Å². The molecule has 0 amide bonds. The van der Waals surface area contributed by atoms with E-state index in [-0.39, 0.29) is 16.2 Å². The summed E-state index contributed by atoms with van der Waals surface area (Å²) >= 11 is 0. The quantitative estimate of drug-likeness (QED) is 0.0274. The van der Waals surface area contributed by atoms with Crippen LogP contribution in [0.1, 0.15) is 301 Å². The molecular weight excluding hydrogens is 1200 g/mol. The van der Waals surface area contributed by atoms with Gasteiger partial charge in [0.25, 0.3) is 0 Å². The van der Waals surface area contributed by atoms with Gasteiger partial charge in [-0.1, -0.05) is 396 Å². The molecule has 12 rings (SSSR count). The molecule has 0 unspecified atom stereocenters. The summed E-state index contributed by atoms with van der Waals surface area (Å²) in [5, 5.41) is 0. The molecule has 1 nitrogen and oxygen atoms in total. The second-order valence-corrected chi connectivity index (χ2v) is 30.3. The molecule has 0 radical (unpaired) electrons. The van der Waals surface area contributed by atoms with Crippen molar-refractivity contribution in [2.45, 2.75) is 250 Å². The zero-order chi connectivity index (χ0) is 69.0. The molecular formula is C99H117N. The van der Waals surface area contributed by atoms with E-state index in [0.29, 0.717) is 0 Å². The molecule has 0 aliphatic heterocycles. The standard InChI is InChI=1S/C99H117N/c1-7-13-19-31-67-97(68-32-20-14-8-2)91-40-28-25-37-85(91)88-64-55-79(73-94(88)97)46-43-76-49-58-82(59-50-76)100(83-60-51-77(52-61-83)44-47-80-56-65-89-86-38-26-29-41-92(86)98(95(89)74-80,69-33-21-15-9-3)70-34-22-16-10-4)84-62-53-78(54-63-84)45-48-81-57-66-90-87-39-27-30-42-93(87)99(96(90)75-81,71-35-23-17-11-5)72-36-24-18-12-6/h25-30,37-66,73-75H,7-24,31-36,67-72H2,1-6H3/b46-43+,47-44+,48-45+. The molecule has 0 spiro atoms. The van der Waals surface area contributed by atoms with Gasteiger partial charge in [-0.25, -0.2) is 0 Å². The number of fused-ring (bicyclic) bond motifs is 9. The Balaban J connectivity index is 0.841. The van der Waals surface area contributed by atoms with Gasteiger partial charge in [0.2, 0.25) is 0 Å². The van der Waals surface area contributed by atoms with E-state index < -0.39 is 0 Å². The maximum atomic E-state index is 2.56. The lowest BCUT2D eigenvalue weighted by Crippen LogP contribution is -2.25. The summed E-state index contributed by atoms with van der Waals surface area (Å²) in [4.78, 5) is 2.44. The minimum Gasteiger partial charge on any atom is -0.311 e. The van der Waals surface area contributed by atoms with Gasteiger partial charge in [-0.15, -0.1) is 0 Å². The molecule has 0 saturated carbocycles. The third kappa shape index (κ3) is 16.0. The summed E-state index contributed by atoms with van der Waals surface area (Å²) in [5.41, 5.74) is 29.0. The van der Waals surface area contributed by atoms with Crippen LogP contribution >= 0.6 is 0 Å². The number of hydrogen-bond donors (Lipinski definition) is 0. The lowest BCUT2D eigenvalue weighted by molar-refractivity contribution is 0.401. The predicted molar refractivity (Wildman–Crippen MR) is 438 cm³/mol. The van der Waals surface area contributed by atoms with Crippen molar-refractivity contribution in [3.8, 4) is 33.4 Å². The summed E-state index contributed by atoms with van der Waals surface area (Å²) in [6, 6.07) is 77.9. The Kier molecular flexibility index (Phi) is 25.2. The largest absolute Gasteiger partial charge is 0.311 e. The molecule has 0 aromatic heterocycles. The molecule has 3 aliphatic rings. The van der Waals surface area contributed by atoms with Crippen LogP contribution in [0.25, 0.3) is 69.8 Å². The van der Waals surface area contributed by atoms with Gasteiger partial charge in [0.15, 0.2) is 0 Å². The molecule has 100 heavy (non-hydrogen) atoms. The van der Waals surface area contributed by atoms with Gasteiger partial charge in [0, 0.05) is 33.3 Å². The van der Waals surface area contributed by atoms with Crippen molar-refractivity contribution in [2.24, 2.45) is 0 Å². The van der Waals surface area contributed by atoms with Crippen molar-refractivity contribution in [1.82, 2.24) is 0 Å². The molecule has 3 aliphatic carbocycles. The number of benzene rings is 9. The third-order valence-electron chi connectivity index (χ3n) is 23.5. The van der Waals surface area contributed by atoms with Crippen LogP contribution in [-0.2, 0) is 16.2 Å². The minimum atomic E-state index is 0.0684. The van der Waals surface area contributed by atoms with E-state index >= 15 is 0 Å². The fourth-order valence-electron chi connectivity index (χ4n) is 18.1. The fraction of sp³-hybridized carbons (Fsp3) is 0.394. The molecule has 0 bridgehead atoms. The van der Waals surface area contributed by atoms with E-state index in [4.69, 9.17) is 0 Å². The first-order chi connectivity index (χ1) is 49.3. The summed E-state index contributed by atoms with van der Waals surface area (Å²) in [7, 11) is 0. The van der Waals surface area contributed by atoms with Crippen LogP contribution in [0.3, 0.4) is 0 Å². The zero-order valence-corrected chi connectivity index (χ0v) is 62.2. The number of nitrogens with zero attached hydrogens (tertiary/aromatic N) is 1. The number of anilines is 3. The van der Waals surface area contributed by atoms with Crippen LogP contribution in [-0.4, -0.2) is 0 Å². The van der Waals surface area contributed by atoms with Crippen LogP contribution in [0.2, 0.25) is 0 Å². The molecule has 0 N–H and O–H groups in total. The van der Waals surface area contributed by atoms with E-state index in [0.717, 1.165) is 17.1 Å². The Morgan fingerprint density at radius 3 is 0.660 bits per heavy atom. The first kappa shape index (κ1) is 71.8.